The van der Waals surface area contributed by atoms with Crippen molar-refractivity contribution in [3.63, 3.8) is 0 Å². The summed E-state index contributed by atoms with van der Waals surface area (Å²) in [7, 11) is 1.62. The molecule has 0 radical (unpaired) electrons. The molecule has 94 valence electrons. The number of hydrogen-bond donors (Lipinski definition) is 2. The van der Waals surface area contributed by atoms with Crippen LogP contribution in [0.3, 0.4) is 0 Å². The molecule has 1 rings (SSSR count). The third-order valence-corrected chi connectivity index (χ3v) is 3.27. The van der Waals surface area contributed by atoms with Gasteiger partial charge in [-0.1, -0.05) is 6.07 Å². The average molecular weight is 272 g/mol. The topological polar surface area (TPSA) is 49.4 Å². The molecule has 17 heavy (non-hydrogen) atoms. The summed E-state index contributed by atoms with van der Waals surface area (Å²) in [5, 5.41) is 4.73. The van der Waals surface area contributed by atoms with Gasteiger partial charge >= 0.3 is 0 Å². The van der Waals surface area contributed by atoms with Crippen molar-refractivity contribution >= 4 is 35.8 Å². The van der Waals surface area contributed by atoms with Crippen molar-refractivity contribution in [2.75, 3.05) is 19.3 Å². The van der Waals surface area contributed by atoms with Crippen molar-refractivity contribution in [2.24, 2.45) is 0 Å². The highest BCUT2D eigenvalue weighted by atomic mass is 32.1. The molecule has 0 atom stereocenters. The molecule has 1 aromatic rings. The van der Waals surface area contributed by atoms with Crippen LogP contribution in [0, 0.1) is 0 Å². The van der Waals surface area contributed by atoms with Gasteiger partial charge in [-0.3, -0.25) is 9.59 Å². The molecule has 0 fully saturated rings. The van der Waals surface area contributed by atoms with E-state index in [-0.39, 0.29) is 18.4 Å². The van der Waals surface area contributed by atoms with Crippen LogP contribution in [0.4, 0.5) is 0 Å². The largest absolute Gasteiger partial charge is 0.350 e. The van der Waals surface area contributed by atoms with E-state index >= 15 is 0 Å². The molecule has 1 heterocycles. The fourth-order valence-electron chi connectivity index (χ4n) is 1.24. The Morgan fingerprint density at radius 1 is 1.53 bits per heavy atom. The monoisotopic (exact) mass is 272 g/mol. The summed E-state index contributed by atoms with van der Waals surface area (Å²) in [5.41, 5.74) is 0. The summed E-state index contributed by atoms with van der Waals surface area (Å²) in [5.74, 6) is 0.291. The first kappa shape index (κ1) is 14.1. The van der Waals surface area contributed by atoms with E-state index in [4.69, 9.17) is 0 Å². The van der Waals surface area contributed by atoms with Crippen molar-refractivity contribution in [1.29, 1.82) is 0 Å². The summed E-state index contributed by atoms with van der Waals surface area (Å²) in [6.45, 7) is 0.614. The van der Waals surface area contributed by atoms with Gasteiger partial charge in [0.05, 0.1) is 13.1 Å². The third kappa shape index (κ3) is 5.23. The first-order chi connectivity index (χ1) is 8.13. The fourth-order valence-corrected chi connectivity index (χ4v) is 2.08. The molecule has 0 aliphatic heterocycles. The lowest BCUT2D eigenvalue weighted by Crippen LogP contribution is -2.38. The normalized spacial score (nSPS) is 10.0. The van der Waals surface area contributed by atoms with Gasteiger partial charge in [-0.25, -0.2) is 0 Å². The Kier molecular flexibility index (Phi) is 6.07. The van der Waals surface area contributed by atoms with Gasteiger partial charge in [0, 0.05) is 18.3 Å². The number of carbonyl (C=O) groups excluding carboxylic acids is 2. The lowest BCUT2D eigenvalue weighted by Gasteiger charge is -2.16. The van der Waals surface area contributed by atoms with Crippen molar-refractivity contribution in [2.45, 2.75) is 13.0 Å². The van der Waals surface area contributed by atoms with E-state index in [1.54, 1.807) is 18.4 Å². The zero-order valence-electron chi connectivity index (χ0n) is 9.68. The second-order valence-electron chi connectivity index (χ2n) is 3.58. The molecular weight excluding hydrogens is 256 g/mol. The molecule has 0 aliphatic rings. The van der Waals surface area contributed by atoms with Crippen LogP contribution in [0.1, 0.15) is 11.3 Å². The summed E-state index contributed by atoms with van der Waals surface area (Å²) >= 11 is 5.57. The minimum absolute atomic E-state index is 0.0636. The Labute approximate surface area is 110 Å². The van der Waals surface area contributed by atoms with Crippen LogP contribution in [0.5, 0.6) is 0 Å². The standard InChI is InChI=1S/C11H16N2O2S2/c1-13(11(15)4-5-16)8-10(14)12-7-9-3-2-6-17-9/h2-3,6,16H,4-5,7-8H2,1H3,(H,12,14). The Morgan fingerprint density at radius 2 is 2.29 bits per heavy atom. The maximum Gasteiger partial charge on any atom is 0.239 e. The fraction of sp³-hybridized carbons (Fsp3) is 0.455. The maximum absolute atomic E-state index is 11.5. The Balaban J connectivity index is 2.27. The predicted octanol–water partition coefficient (Wildman–Crippen LogP) is 1.14. The number of nitrogens with one attached hydrogen (secondary N) is 1. The first-order valence-electron chi connectivity index (χ1n) is 5.27. The number of rotatable bonds is 6. The minimum Gasteiger partial charge on any atom is -0.350 e. The van der Waals surface area contributed by atoms with E-state index in [1.165, 1.54) is 4.90 Å². The highest BCUT2D eigenvalue weighted by Crippen LogP contribution is 2.07. The molecule has 0 aliphatic carbocycles. The second-order valence-corrected chi connectivity index (χ2v) is 5.06. The Morgan fingerprint density at radius 3 is 2.88 bits per heavy atom. The van der Waals surface area contributed by atoms with Gasteiger partial charge in [0.2, 0.25) is 11.8 Å². The summed E-state index contributed by atoms with van der Waals surface area (Å²) in [6.07, 6.45) is 0.359. The first-order valence-corrected chi connectivity index (χ1v) is 6.78. The Bertz CT molecular complexity index is 366. The van der Waals surface area contributed by atoms with E-state index in [1.807, 2.05) is 17.5 Å². The quantitative estimate of drug-likeness (QED) is 0.763. The van der Waals surface area contributed by atoms with E-state index < -0.39 is 0 Å². The van der Waals surface area contributed by atoms with Crippen LogP contribution in [-0.4, -0.2) is 36.1 Å². The molecule has 0 aromatic carbocycles. The molecular formula is C11H16N2O2S2. The van der Waals surface area contributed by atoms with Crippen LogP contribution in [-0.2, 0) is 16.1 Å². The van der Waals surface area contributed by atoms with E-state index in [2.05, 4.69) is 17.9 Å². The van der Waals surface area contributed by atoms with Gasteiger partial charge in [-0.15, -0.1) is 11.3 Å². The zero-order chi connectivity index (χ0) is 12.7. The number of amides is 2. The predicted molar refractivity (Wildman–Crippen MR) is 72.3 cm³/mol. The number of thiophene rings is 1. The van der Waals surface area contributed by atoms with Gasteiger partial charge < -0.3 is 10.2 Å². The van der Waals surface area contributed by atoms with Crippen molar-refractivity contribution < 1.29 is 9.59 Å². The van der Waals surface area contributed by atoms with Gasteiger partial charge in [0.25, 0.3) is 0 Å². The third-order valence-electron chi connectivity index (χ3n) is 2.17. The molecule has 0 bridgehead atoms. The second kappa shape index (κ2) is 7.34. The van der Waals surface area contributed by atoms with Crippen molar-refractivity contribution in [3.05, 3.63) is 22.4 Å². The highest BCUT2D eigenvalue weighted by molar-refractivity contribution is 7.80. The lowest BCUT2D eigenvalue weighted by molar-refractivity contribution is -0.134. The zero-order valence-corrected chi connectivity index (χ0v) is 11.4. The summed E-state index contributed by atoms with van der Waals surface area (Å²) in [6, 6.07) is 3.90. The van der Waals surface area contributed by atoms with Gasteiger partial charge in [-0.05, 0) is 17.2 Å². The van der Waals surface area contributed by atoms with Crippen molar-refractivity contribution in [1.82, 2.24) is 10.2 Å². The van der Waals surface area contributed by atoms with Crippen LogP contribution < -0.4 is 5.32 Å². The average Bonchev–Trinajstić information content (AvgIpc) is 2.79. The van der Waals surface area contributed by atoms with Crippen molar-refractivity contribution in [3.8, 4) is 0 Å². The number of hydrogen-bond acceptors (Lipinski definition) is 4. The SMILES string of the molecule is CN(CC(=O)NCc1cccs1)C(=O)CCS. The highest BCUT2D eigenvalue weighted by Gasteiger charge is 2.11. The molecule has 0 saturated heterocycles. The van der Waals surface area contributed by atoms with Gasteiger partial charge in [0.1, 0.15) is 0 Å². The number of likely N-dealkylation sites (N-methyl/N-ethyl adjacent to an activating group) is 1. The van der Waals surface area contributed by atoms with Crippen LogP contribution in [0.15, 0.2) is 17.5 Å². The Hall–Kier alpha value is -1.01. The number of nitrogens with zero attached hydrogens (tertiary/aromatic N) is 1. The molecule has 6 heteroatoms. The lowest BCUT2D eigenvalue weighted by atomic mass is 10.4. The van der Waals surface area contributed by atoms with Gasteiger partial charge in [0.15, 0.2) is 0 Å². The molecule has 0 spiro atoms. The summed E-state index contributed by atoms with van der Waals surface area (Å²) in [4.78, 5) is 25.5. The number of thiol groups is 1. The maximum atomic E-state index is 11.5. The molecule has 1 aromatic heterocycles. The van der Waals surface area contributed by atoms with Crippen LogP contribution >= 0.6 is 24.0 Å². The number of carbonyl (C=O) groups is 2. The van der Waals surface area contributed by atoms with Crippen LogP contribution in [0.25, 0.3) is 0 Å². The van der Waals surface area contributed by atoms with E-state index in [9.17, 15) is 9.59 Å². The van der Waals surface area contributed by atoms with Gasteiger partial charge in [-0.2, -0.15) is 12.6 Å². The summed E-state index contributed by atoms with van der Waals surface area (Å²) < 4.78 is 0. The molecule has 2 amide bonds. The molecule has 0 saturated carbocycles. The van der Waals surface area contributed by atoms with E-state index in [0.29, 0.717) is 18.7 Å². The minimum atomic E-state index is -0.145. The molecule has 0 unspecified atom stereocenters. The smallest absolute Gasteiger partial charge is 0.239 e. The van der Waals surface area contributed by atoms with Crippen LogP contribution in [0.2, 0.25) is 0 Å². The van der Waals surface area contributed by atoms with E-state index in [0.717, 1.165) is 4.88 Å². The molecule has 4 nitrogen and oxygen atoms in total. The molecule has 1 N–H and O–H groups in total.